The molecule has 0 aliphatic heterocycles. The van der Waals surface area contributed by atoms with Gasteiger partial charge in [-0.25, -0.2) is 15.0 Å². The molecule has 18 rings (SSSR count). The molecule has 11 aromatic carbocycles. The van der Waals surface area contributed by atoms with Gasteiger partial charge in [-0.1, -0.05) is 170 Å². The molecule has 87 heavy (non-hydrogen) atoms. The third kappa shape index (κ3) is 6.87. The summed E-state index contributed by atoms with van der Waals surface area (Å²) in [5, 5.41) is 23.5. The van der Waals surface area contributed by atoms with E-state index in [1.54, 1.807) is 6.08 Å². The lowest BCUT2D eigenvalue weighted by molar-refractivity contribution is 0.601. The maximum atomic E-state index is 12.5. The molecule has 0 saturated heterocycles. The number of para-hydroxylation sites is 5. The first-order valence-electron chi connectivity index (χ1n) is 28.9. The molecule has 10 nitrogen and oxygen atoms in total. The van der Waals surface area contributed by atoms with Gasteiger partial charge in [0.05, 0.1) is 55.7 Å². The summed E-state index contributed by atoms with van der Waals surface area (Å²) >= 11 is 0. The molecule has 0 radical (unpaired) electrons. The van der Waals surface area contributed by atoms with Crippen molar-refractivity contribution >= 4 is 126 Å². The first kappa shape index (κ1) is 48.5. The molecule has 0 amide bonds. The number of rotatable bonds is 8. The van der Waals surface area contributed by atoms with Crippen LogP contribution in [0.2, 0.25) is 0 Å². The second kappa shape index (κ2) is 18.5. The zero-order chi connectivity index (χ0) is 57.6. The van der Waals surface area contributed by atoms with E-state index in [1.165, 1.54) is 0 Å². The molecule has 18 aromatic rings. The third-order valence-electron chi connectivity index (χ3n) is 17.5. The van der Waals surface area contributed by atoms with E-state index in [9.17, 15) is 5.26 Å². The summed E-state index contributed by atoms with van der Waals surface area (Å²) in [7, 11) is 0. The predicted molar refractivity (Wildman–Crippen MR) is 352 cm³/mol. The summed E-state index contributed by atoms with van der Waals surface area (Å²) in [6.45, 7) is 6.07. The summed E-state index contributed by atoms with van der Waals surface area (Å²) in [6.07, 6.45) is 5.62. The fourth-order valence-electron chi connectivity index (χ4n) is 13.9. The highest BCUT2D eigenvalue weighted by Crippen LogP contribution is 2.51. The van der Waals surface area contributed by atoms with Crippen LogP contribution < -0.4 is 0 Å². The van der Waals surface area contributed by atoms with Crippen molar-refractivity contribution in [2.75, 3.05) is 0 Å². The first-order chi connectivity index (χ1) is 43.0. The summed E-state index contributed by atoms with van der Waals surface area (Å²) < 4.78 is 27.1. The van der Waals surface area contributed by atoms with Gasteiger partial charge in [0, 0.05) is 81.5 Å². The van der Waals surface area contributed by atoms with E-state index < -0.39 is 0 Å². The Bertz CT molecular complexity index is 6000. The lowest BCUT2D eigenvalue weighted by atomic mass is 10.0. The van der Waals surface area contributed by atoms with Crippen LogP contribution in [0.15, 0.2) is 256 Å². The van der Waals surface area contributed by atoms with Crippen LogP contribution >= 0.6 is 0 Å². The van der Waals surface area contributed by atoms with Crippen molar-refractivity contribution < 1.29 is 13.3 Å². The van der Waals surface area contributed by atoms with Gasteiger partial charge < -0.3 is 27.0 Å². The Morgan fingerprint density at radius 3 is 1.30 bits per heavy atom. The topological polar surface area (TPSA) is 117 Å². The highest BCUT2D eigenvalue weighted by atomic mass is 16.3. The van der Waals surface area contributed by atoms with Crippen molar-refractivity contribution in [3.63, 3.8) is 0 Å². The van der Waals surface area contributed by atoms with Gasteiger partial charge >= 0.3 is 0 Å². The first-order valence-corrected chi connectivity index (χ1v) is 28.9. The molecule has 0 aliphatic rings. The lowest BCUT2D eigenvalue weighted by Gasteiger charge is -2.25. The number of allylic oxidation sites excluding steroid dienone is 2. The molecule has 406 valence electrons. The zero-order valence-electron chi connectivity index (χ0n) is 46.7. The van der Waals surface area contributed by atoms with Crippen LogP contribution in [-0.4, -0.2) is 28.7 Å². The average molecular weight is 1120 g/mol. The SMILES string of the molecule is C=C/C=C\c1oc2ccc3c(c4ccccc4n3-c3c(C#N)cc(-c4nc(-c5ccccc5)nc(-c5ccccc5)n4)c(-n4c5ccccc5c5c6c(ccc54)oc4ccccc46)c3-n3c4ccccc4c4c5c(ccc43)oc3ccccc35)c2c1C. The van der Waals surface area contributed by atoms with Gasteiger partial charge in [-0.3, -0.25) is 0 Å². The fraction of sp³-hybridized carbons (Fsp3) is 0.0130. The summed E-state index contributed by atoms with van der Waals surface area (Å²) in [5.41, 5.74) is 15.0. The van der Waals surface area contributed by atoms with Gasteiger partial charge in [0.25, 0.3) is 0 Å². The van der Waals surface area contributed by atoms with Crippen LogP contribution in [0.4, 0.5) is 0 Å². The van der Waals surface area contributed by atoms with Crippen LogP contribution in [0, 0.1) is 18.3 Å². The van der Waals surface area contributed by atoms with Crippen LogP contribution in [0.25, 0.3) is 178 Å². The molecule has 7 aromatic heterocycles. The monoisotopic (exact) mass is 1120 g/mol. The molecular formula is C77H45N7O3. The molecule has 0 N–H and O–H groups in total. The highest BCUT2D eigenvalue weighted by molar-refractivity contribution is 6.30. The van der Waals surface area contributed by atoms with E-state index in [4.69, 9.17) is 28.2 Å². The molecule has 0 bridgehead atoms. The summed E-state index contributed by atoms with van der Waals surface area (Å²) in [4.78, 5) is 16.3. The standard InChI is InChI=1S/C77H45N7O3/c1-3-4-33-60-44(2)66-63(85-60)39-36-57-67(66)48-25-11-16-30-54(48)82(57)72-47(43-78)42-53(77-80-75(45-21-7-5-8-22-45)79-76(81-77)46-23-9-6-10-24-46)73(83-55-31-17-12-26-49(55)68-58(83)37-40-64-70(68)51-28-14-19-34-61(51)86-64)74(72)84-56-32-18-13-27-50(56)69-59(84)38-41-65-71(69)52-29-15-20-35-62(52)87-65/h3-42H,1H2,2H3/b33-4-. The van der Waals surface area contributed by atoms with Gasteiger partial charge in [-0.2, -0.15) is 5.26 Å². The molecule has 0 atom stereocenters. The maximum Gasteiger partial charge on any atom is 0.166 e. The minimum absolute atomic E-state index is 0.379. The molecular weight excluding hydrogens is 1070 g/mol. The number of aromatic nitrogens is 6. The van der Waals surface area contributed by atoms with E-state index in [1.807, 2.05) is 103 Å². The second-order valence-corrected chi connectivity index (χ2v) is 22.1. The number of nitrogens with zero attached hydrogens (tertiary/aromatic N) is 7. The van der Waals surface area contributed by atoms with Gasteiger partial charge in [0.15, 0.2) is 17.5 Å². The normalized spacial score (nSPS) is 12.2. The van der Waals surface area contributed by atoms with Crippen molar-refractivity contribution in [3.05, 3.63) is 260 Å². The molecule has 10 heteroatoms. The van der Waals surface area contributed by atoms with E-state index in [2.05, 4.69) is 167 Å². The largest absolute Gasteiger partial charge is 0.456 e. The van der Waals surface area contributed by atoms with Crippen LogP contribution in [0.1, 0.15) is 16.9 Å². The number of fused-ring (bicyclic) bond motifs is 19. The van der Waals surface area contributed by atoms with E-state index >= 15 is 0 Å². The third-order valence-corrected chi connectivity index (χ3v) is 17.5. The van der Waals surface area contributed by atoms with Gasteiger partial charge in [0.1, 0.15) is 39.7 Å². The van der Waals surface area contributed by atoms with Gasteiger partial charge in [-0.05, 0) is 85.8 Å². The smallest absolute Gasteiger partial charge is 0.166 e. The number of nitriles is 1. The zero-order valence-corrected chi connectivity index (χ0v) is 46.7. The quantitative estimate of drug-likeness (QED) is 0.139. The Morgan fingerprint density at radius 2 is 0.805 bits per heavy atom. The number of benzene rings is 11. The molecule has 7 heterocycles. The van der Waals surface area contributed by atoms with E-state index in [0.29, 0.717) is 40.0 Å². The van der Waals surface area contributed by atoms with Crippen LogP contribution in [0.3, 0.4) is 0 Å². The van der Waals surface area contributed by atoms with Crippen molar-refractivity contribution in [1.29, 1.82) is 5.26 Å². The summed E-state index contributed by atoms with van der Waals surface area (Å²) in [6, 6.07) is 79.8. The fourth-order valence-corrected chi connectivity index (χ4v) is 13.9. The number of hydrogen-bond acceptors (Lipinski definition) is 7. The predicted octanol–water partition coefficient (Wildman–Crippen LogP) is 20.1. The molecule has 0 aliphatic carbocycles. The molecule has 0 fully saturated rings. The Labute approximate surface area is 495 Å². The van der Waals surface area contributed by atoms with Crippen molar-refractivity contribution in [3.8, 4) is 57.3 Å². The van der Waals surface area contributed by atoms with Crippen molar-refractivity contribution in [2.24, 2.45) is 0 Å². The average Bonchev–Trinajstić information content (AvgIpc) is 1.59. The highest BCUT2D eigenvalue weighted by Gasteiger charge is 2.33. The van der Waals surface area contributed by atoms with Crippen molar-refractivity contribution in [1.82, 2.24) is 28.7 Å². The Kier molecular flexibility index (Phi) is 10.3. The maximum absolute atomic E-state index is 12.5. The lowest BCUT2D eigenvalue weighted by Crippen LogP contribution is -2.14. The number of hydrogen-bond donors (Lipinski definition) is 0. The molecule has 0 spiro atoms. The van der Waals surface area contributed by atoms with Crippen LogP contribution in [-0.2, 0) is 0 Å². The second-order valence-electron chi connectivity index (χ2n) is 22.1. The van der Waals surface area contributed by atoms with Gasteiger partial charge in [-0.15, -0.1) is 0 Å². The number of aryl methyl sites for hydroxylation is 1. The Morgan fingerprint density at radius 1 is 0.391 bits per heavy atom. The van der Waals surface area contributed by atoms with Crippen LogP contribution in [0.5, 0.6) is 0 Å². The van der Waals surface area contributed by atoms with Crippen molar-refractivity contribution in [2.45, 2.75) is 6.92 Å². The minimum atomic E-state index is 0.379. The molecule has 0 saturated carbocycles. The van der Waals surface area contributed by atoms with E-state index in [0.717, 1.165) is 148 Å². The summed E-state index contributed by atoms with van der Waals surface area (Å²) in [5.74, 6) is 2.10. The number of furan rings is 3. The molecule has 0 unspecified atom stereocenters. The Hall–Kier alpha value is -12.1. The Balaban J connectivity index is 1.12. The van der Waals surface area contributed by atoms with Gasteiger partial charge in [0.2, 0.25) is 0 Å². The van der Waals surface area contributed by atoms with E-state index in [-0.39, 0.29) is 0 Å². The minimum Gasteiger partial charge on any atom is -0.456 e.